The largest absolute Gasteiger partial charge is 0.330 e. The molecule has 4 nitrogen and oxygen atoms in total. The van der Waals surface area contributed by atoms with E-state index in [1.807, 2.05) is 6.08 Å². The molecule has 0 unspecified atom stereocenters. The summed E-state index contributed by atoms with van der Waals surface area (Å²) in [5.74, 6) is 0. The average molecular weight is 206 g/mol. The van der Waals surface area contributed by atoms with E-state index in [1.54, 1.807) is 11.6 Å². The fourth-order valence-electron chi connectivity index (χ4n) is 2.02. The summed E-state index contributed by atoms with van der Waals surface area (Å²) in [5.41, 5.74) is 1.25. The lowest BCUT2D eigenvalue weighted by Gasteiger charge is -2.12. The first kappa shape index (κ1) is 9.96. The molecule has 0 bridgehead atoms. The Morgan fingerprint density at radius 3 is 2.60 bits per heavy atom. The SMILES string of the molecule is Cn1c2c(c(=O)n(C)c1=O)CC=CCC2. The zero-order chi connectivity index (χ0) is 11.0. The van der Waals surface area contributed by atoms with Crippen molar-refractivity contribution in [3.63, 3.8) is 0 Å². The topological polar surface area (TPSA) is 44.0 Å². The van der Waals surface area contributed by atoms with Crippen LogP contribution in [-0.4, -0.2) is 9.13 Å². The molecule has 1 aromatic heterocycles. The maximum Gasteiger partial charge on any atom is 0.330 e. The van der Waals surface area contributed by atoms with Crippen LogP contribution in [0.3, 0.4) is 0 Å². The van der Waals surface area contributed by atoms with Crippen molar-refractivity contribution >= 4 is 0 Å². The number of nitrogens with zero attached hydrogens (tertiary/aromatic N) is 2. The fourth-order valence-corrected chi connectivity index (χ4v) is 2.02. The minimum Gasteiger partial charge on any atom is -0.300 e. The molecule has 1 aromatic rings. The molecular formula is C11H14N2O2. The summed E-state index contributed by atoms with van der Waals surface area (Å²) in [4.78, 5) is 23.5. The summed E-state index contributed by atoms with van der Waals surface area (Å²) < 4.78 is 2.77. The molecule has 0 atom stereocenters. The van der Waals surface area contributed by atoms with Crippen molar-refractivity contribution in [1.82, 2.24) is 9.13 Å². The molecule has 1 aliphatic carbocycles. The van der Waals surface area contributed by atoms with Crippen LogP contribution >= 0.6 is 0 Å². The molecule has 0 aliphatic heterocycles. The average Bonchev–Trinajstić information content (AvgIpc) is 2.48. The molecule has 0 aromatic carbocycles. The van der Waals surface area contributed by atoms with Crippen LogP contribution in [0.5, 0.6) is 0 Å². The van der Waals surface area contributed by atoms with Crippen molar-refractivity contribution in [2.75, 3.05) is 0 Å². The third kappa shape index (κ3) is 1.46. The lowest BCUT2D eigenvalue weighted by Crippen LogP contribution is -2.40. The Kier molecular flexibility index (Phi) is 2.34. The van der Waals surface area contributed by atoms with Gasteiger partial charge in [-0.25, -0.2) is 4.79 Å². The first-order valence-electron chi connectivity index (χ1n) is 5.05. The van der Waals surface area contributed by atoms with E-state index in [9.17, 15) is 9.59 Å². The van der Waals surface area contributed by atoms with Gasteiger partial charge in [0.1, 0.15) is 0 Å². The van der Waals surface area contributed by atoms with E-state index < -0.39 is 0 Å². The van der Waals surface area contributed by atoms with E-state index in [-0.39, 0.29) is 11.2 Å². The van der Waals surface area contributed by atoms with E-state index >= 15 is 0 Å². The number of hydrogen-bond acceptors (Lipinski definition) is 2. The number of rotatable bonds is 0. The number of hydrogen-bond donors (Lipinski definition) is 0. The molecule has 15 heavy (non-hydrogen) atoms. The fraction of sp³-hybridized carbons (Fsp3) is 0.455. The Hall–Kier alpha value is -1.58. The van der Waals surface area contributed by atoms with Crippen molar-refractivity contribution in [1.29, 1.82) is 0 Å². The van der Waals surface area contributed by atoms with E-state index in [0.717, 1.165) is 24.1 Å². The van der Waals surface area contributed by atoms with Gasteiger partial charge in [-0.1, -0.05) is 12.2 Å². The summed E-state index contributed by atoms with van der Waals surface area (Å²) in [7, 11) is 3.26. The lowest BCUT2D eigenvalue weighted by molar-refractivity contribution is 0.637. The van der Waals surface area contributed by atoms with Crippen LogP contribution in [0, 0.1) is 0 Å². The molecular weight excluding hydrogens is 192 g/mol. The van der Waals surface area contributed by atoms with Crippen LogP contribution in [-0.2, 0) is 26.9 Å². The van der Waals surface area contributed by atoms with E-state index in [2.05, 4.69) is 6.08 Å². The summed E-state index contributed by atoms with van der Waals surface area (Å²) in [6, 6.07) is 0. The van der Waals surface area contributed by atoms with Crippen LogP contribution in [0.15, 0.2) is 21.7 Å². The van der Waals surface area contributed by atoms with Gasteiger partial charge in [-0.3, -0.25) is 9.36 Å². The molecule has 80 valence electrons. The normalized spacial score (nSPS) is 14.8. The van der Waals surface area contributed by atoms with Crippen LogP contribution in [0.1, 0.15) is 17.7 Å². The highest BCUT2D eigenvalue weighted by molar-refractivity contribution is 5.23. The van der Waals surface area contributed by atoms with Gasteiger partial charge in [0, 0.05) is 25.4 Å². The van der Waals surface area contributed by atoms with Gasteiger partial charge in [0.05, 0.1) is 0 Å². The lowest BCUT2D eigenvalue weighted by atomic mass is 10.1. The van der Waals surface area contributed by atoms with Gasteiger partial charge in [-0.05, 0) is 19.3 Å². The quantitative estimate of drug-likeness (QED) is 0.566. The van der Waals surface area contributed by atoms with Gasteiger partial charge < -0.3 is 4.57 Å². The molecule has 1 heterocycles. The van der Waals surface area contributed by atoms with Crippen LogP contribution in [0.25, 0.3) is 0 Å². The van der Waals surface area contributed by atoms with Gasteiger partial charge in [-0.15, -0.1) is 0 Å². The Morgan fingerprint density at radius 2 is 1.87 bits per heavy atom. The standard InChI is InChI=1S/C11H14N2O2/c1-12-9-7-5-3-4-6-8(9)10(14)13(2)11(12)15/h3-4H,5-7H2,1-2H3. The van der Waals surface area contributed by atoms with Gasteiger partial charge in [-0.2, -0.15) is 0 Å². The minimum atomic E-state index is -0.236. The predicted molar refractivity (Wildman–Crippen MR) is 58.1 cm³/mol. The molecule has 0 saturated carbocycles. The second-order valence-electron chi connectivity index (χ2n) is 3.85. The molecule has 1 aliphatic rings. The molecule has 0 radical (unpaired) electrons. The second-order valence-corrected chi connectivity index (χ2v) is 3.85. The van der Waals surface area contributed by atoms with Crippen LogP contribution in [0.4, 0.5) is 0 Å². The predicted octanol–water partition coefficient (Wildman–Crippen LogP) is 0.129. The first-order valence-corrected chi connectivity index (χ1v) is 5.05. The summed E-state index contributed by atoms with van der Waals surface area (Å²) in [6.07, 6.45) is 6.36. The highest BCUT2D eigenvalue weighted by Crippen LogP contribution is 2.10. The van der Waals surface area contributed by atoms with Gasteiger partial charge in [0.15, 0.2) is 0 Å². The zero-order valence-corrected chi connectivity index (χ0v) is 8.99. The molecule has 0 spiro atoms. The van der Waals surface area contributed by atoms with Gasteiger partial charge >= 0.3 is 5.69 Å². The second kappa shape index (κ2) is 3.53. The van der Waals surface area contributed by atoms with Crippen molar-refractivity contribution in [2.24, 2.45) is 14.1 Å². The monoisotopic (exact) mass is 206 g/mol. The number of fused-ring (bicyclic) bond motifs is 1. The van der Waals surface area contributed by atoms with Crippen molar-refractivity contribution < 1.29 is 0 Å². The van der Waals surface area contributed by atoms with Gasteiger partial charge in [0.25, 0.3) is 5.56 Å². The highest BCUT2D eigenvalue weighted by atomic mass is 16.2. The summed E-state index contributed by atoms with van der Waals surface area (Å²) >= 11 is 0. The molecule has 2 rings (SSSR count). The third-order valence-corrected chi connectivity index (χ3v) is 2.93. The smallest absolute Gasteiger partial charge is 0.300 e. The zero-order valence-electron chi connectivity index (χ0n) is 8.99. The number of aromatic nitrogens is 2. The maximum atomic E-state index is 11.9. The molecule has 0 saturated heterocycles. The van der Waals surface area contributed by atoms with Crippen LogP contribution in [0.2, 0.25) is 0 Å². The summed E-state index contributed by atoms with van der Waals surface area (Å²) in [6.45, 7) is 0. The van der Waals surface area contributed by atoms with Crippen molar-refractivity contribution in [3.8, 4) is 0 Å². The minimum absolute atomic E-state index is 0.153. The molecule has 0 fully saturated rings. The van der Waals surface area contributed by atoms with Crippen molar-refractivity contribution in [3.05, 3.63) is 44.2 Å². The third-order valence-electron chi connectivity index (χ3n) is 2.93. The van der Waals surface area contributed by atoms with Crippen molar-refractivity contribution in [2.45, 2.75) is 19.3 Å². The van der Waals surface area contributed by atoms with Crippen LogP contribution < -0.4 is 11.2 Å². The highest BCUT2D eigenvalue weighted by Gasteiger charge is 2.14. The number of allylic oxidation sites excluding steroid dienone is 2. The van der Waals surface area contributed by atoms with Gasteiger partial charge in [0.2, 0.25) is 0 Å². The molecule has 4 heteroatoms. The Balaban J connectivity index is 2.82. The Bertz CT molecular complexity index is 535. The van der Waals surface area contributed by atoms with E-state index in [4.69, 9.17) is 0 Å². The Morgan fingerprint density at radius 1 is 1.13 bits per heavy atom. The van der Waals surface area contributed by atoms with E-state index in [1.165, 1.54) is 11.6 Å². The first-order chi connectivity index (χ1) is 7.13. The molecule has 0 N–H and O–H groups in total. The summed E-state index contributed by atoms with van der Waals surface area (Å²) in [5, 5.41) is 0. The maximum absolute atomic E-state index is 11.9. The molecule has 0 amide bonds. The Labute approximate surface area is 87.5 Å². The van der Waals surface area contributed by atoms with E-state index in [0.29, 0.717) is 6.42 Å².